The van der Waals surface area contributed by atoms with Crippen LogP contribution in [0.5, 0.6) is 0 Å². The van der Waals surface area contributed by atoms with Crippen molar-refractivity contribution < 1.29 is 14.3 Å². The van der Waals surface area contributed by atoms with Crippen molar-refractivity contribution in [2.45, 2.75) is 39.3 Å². The first kappa shape index (κ1) is 10.2. The molecule has 1 fully saturated rings. The molecule has 0 aliphatic carbocycles. The molecule has 74 valence electrons. The van der Waals surface area contributed by atoms with E-state index in [1.54, 1.807) is 0 Å². The van der Waals surface area contributed by atoms with Crippen LogP contribution in [0.1, 0.15) is 27.7 Å². The summed E-state index contributed by atoms with van der Waals surface area (Å²) >= 11 is 0. The van der Waals surface area contributed by atoms with Gasteiger partial charge >= 0.3 is 0 Å². The lowest BCUT2D eigenvalue weighted by Crippen LogP contribution is -2.47. The minimum Gasteiger partial charge on any atom is -0.353 e. The van der Waals surface area contributed by atoms with Crippen molar-refractivity contribution in [1.29, 1.82) is 0 Å². The first-order valence-electron chi connectivity index (χ1n) is 4.28. The van der Waals surface area contributed by atoms with Crippen molar-refractivity contribution in [1.82, 2.24) is 4.90 Å². The van der Waals surface area contributed by atoms with Gasteiger partial charge in [-0.1, -0.05) is 0 Å². The summed E-state index contributed by atoms with van der Waals surface area (Å²) in [5, 5.41) is 0. The smallest absolute Gasteiger partial charge is 0.221 e. The van der Waals surface area contributed by atoms with Crippen LogP contribution in [0.25, 0.3) is 0 Å². The van der Waals surface area contributed by atoms with E-state index in [2.05, 4.69) is 0 Å². The van der Waals surface area contributed by atoms with E-state index in [4.69, 9.17) is 4.74 Å². The molecular weight excluding hydrogens is 170 g/mol. The van der Waals surface area contributed by atoms with Gasteiger partial charge in [0.05, 0.1) is 5.60 Å². The van der Waals surface area contributed by atoms with Crippen LogP contribution in [0.2, 0.25) is 0 Å². The van der Waals surface area contributed by atoms with Crippen LogP contribution in [0.3, 0.4) is 0 Å². The van der Waals surface area contributed by atoms with Gasteiger partial charge in [0.25, 0.3) is 0 Å². The van der Waals surface area contributed by atoms with Gasteiger partial charge in [-0.3, -0.25) is 9.59 Å². The molecule has 4 nitrogen and oxygen atoms in total. The Hall–Kier alpha value is -0.900. The Balaban J connectivity index is 2.92. The zero-order chi connectivity index (χ0) is 10.2. The molecule has 0 bridgehead atoms. The fraction of sp³-hybridized carbons (Fsp3) is 0.778. The fourth-order valence-electron chi connectivity index (χ4n) is 1.75. The number of carbonyl (C=O) groups is 2. The molecule has 1 saturated heterocycles. The number of carbonyl (C=O) groups excluding carboxylic acids is 2. The van der Waals surface area contributed by atoms with E-state index in [1.165, 1.54) is 18.7 Å². The molecule has 0 aromatic rings. The molecule has 0 unspecified atom stereocenters. The highest BCUT2D eigenvalue weighted by Crippen LogP contribution is 2.28. The molecule has 4 heteroatoms. The third-order valence-electron chi connectivity index (χ3n) is 2.34. The maximum absolute atomic E-state index is 11.3. The second-order valence-electron chi connectivity index (χ2n) is 3.88. The minimum absolute atomic E-state index is 0.0299. The lowest BCUT2D eigenvalue weighted by Gasteiger charge is -2.26. The van der Waals surface area contributed by atoms with E-state index in [9.17, 15) is 9.59 Å². The quantitative estimate of drug-likeness (QED) is 0.599. The lowest BCUT2D eigenvalue weighted by molar-refractivity contribution is -0.136. The largest absolute Gasteiger partial charge is 0.353 e. The first-order chi connectivity index (χ1) is 5.86. The summed E-state index contributed by atoms with van der Waals surface area (Å²) in [6, 6.07) is -0.440. The van der Waals surface area contributed by atoms with Crippen LogP contribution in [0, 0.1) is 0 Å². The van der Waals surface area contributed by atoms with Crippen molar-refractivity contribution >= 4 is 11.7 Å². The maximum atomic E-state index is 11.3. The van der Waals surface area contributed by atoms with Crippen molar-refractivity contribution in [3.05, 3.63) is 0 Å². The van der Waals surface area contributed by atoms with Crippen molar-refractivity contribution in [2.24, 2.45) is 0 Å². The van der Waals surface area contributed by atoms with Gasteiger partial charge in [0, 0.05) is 6.92 Å². The van der Waals surface area contributed by atoms with Crippen LogP contribution in [-0.2, 0) is 14.3 Å². The summed E-state index contributed by atoms with van der Waals surface area (Å²) in [6.45, 7) is 6.79. The van der Waals surface area contributed by atoms with Gasteiger partial charge < -0.3 is 9.64 Å². The molecule has 1 atom stereocenters. The number of Topliss-reactive ketones (excluding diaryl/α,β-unsaturated/α-hetero) is 1. The molecular formula is C9H15NO3. The molecule has 0 saturated carbocycles. The van der Waals surface area contributed by atoms with Crippen LogP contribution >= 0.6 is 0 Å². The van der Waals surface area contributed by atoms with Gasteiger partial charge in [-0.15, -0.1) is 0 Å². The Morgan fingerprint density at radius 1 is 1.38 bits per heavy atom. The molecule has 1 rings (SSSR count). The standard InChI is InChI=1S/C9H15NO3/c1-6(11)8-9(3,4)13-5-10(8)7(2)12/h8H,5H2,1-4H3/t8-/m1/s1. The molecule has 1 amide bonds. The minimum atomic E-state index is -0.558. The zero-order valence-electron chi connectivity index (χ0n) is 8.46. The zero-order valence-corrected chi connectivity index (χ0v) is 8.46. The molecule has 0 radical (unpaired) electrons. The topological polar surface area (TPSA) is 46.6 Å². The van der Waals surface area contributed by atoms with Crippen molar-refractivity contribution in [3.63, 3.8) is 0 Å². The third-order valence-corrected chi connectivity index (χ3v) is 2.34. The van der Waals surface area contributed by atoms with Crippen LogP contribution in [-0.4, -0.2) is 35.0 Å². The van der Waals surface area contributed by atoms with Crippen molar-refractivity contribution in [3.8, 4) is 0 Å². The Morgan fingerprint density at radius 3 is 2.23 bits per heavy atom. The van der Waals surface area contributed by atoms with Crippen LogP contribution in [0.15, 0.2) is 0 Å². The molecule has 0 aromatic heterocycles. The SMILES string of the molecule is CC(=O)[C@H]1N(C(C)=O)COC1(C)C. The molecule has 0 aromatic carbocycles. The third kappa shape index (κ3) is 1.72. The van der Waals surface area contributed by atoms with E-state index in [1.807, 2.05) is 13.8 Å². The lowest BCUT2D eigenvalue weighted by atomic mass is 9.95. The van der Waals surface area contributed by atoms with E-state index in [0.717, 1.165) is 0 Å². The van der Waals surface area contributed by atoms with E-state index < -0.39 is 11.6 Å². The summed E-state index contributed by atoms with van der Waals surface area (Å²) in [5.74, 6) is -0.150. The summed E-state index contributed by atoms with van der Waals surface area (Å²) < 4.78 is 5.37. The second kappa shape index (κ2) is 3.10. The maximum Gasteiger partial charge on any atom is 0.221 e. The number of ether oxygens (including phenoxy) is 1. The number of ketones is 1. The average molecular weight is 185 g/mol. The van der Waals surface area contributed by atoms with E-state index >= 15 is 0 Å². The van der Waals surface area contributed by atoms with Gasteiger partial charge in [0.1, 0.15) is 12.8 Å². The number of rotatable bonds is 1. The van der Waals surface area contributed by atoms with Gasteiger partial charge in [0.15, 0.2) is 5.78 Å². The number of hydrogen-bond acceptors (Lipinski definition) is 3. The highest BCUT2D eigenvalue weighted by molar-refractivity contribution is 5.88. The fourth-order valence-corrected chi connectivity index (χ4v) is 1.75. The Morgan fingerprint density at radius 2 is 1.92 bits per heavy atom. The van der Waals surface area contributed by atoms with Crippen LogP contribution in [0.4, 0.5) is 0 Å². The van der Waals surface area contributed by atoms with Gasteiger partial charge in [0.2, 0.25) is 5.91 Å². The summed E-state index contributed by atoms with van der Waals surface area (Å²) in [5.41, 5.74) is -0.558. The Kier molecular flexibility index (Phi) is 2.43. The molecule has 1 aliphatic heterocycles. The second-order valence-corrected chi connectivity index (χ2v) is 3.88. The predicted molar refractivity (Wildman–Crippen MR) is 47.0 cm³/mol. The van der Waals surface area contributed by atoms with Crippen LogP contribution < -0.4 is 0 Å². The summed E-state index contributed by atoms with van der Waals surface area (Å²) in [6.07, 6.45) is 0. The summed E-state index contributed by atoms with van der Waals surface area (Å²) in [4.78, 5) is 23.9. The average Bonchev–Trinajstić information content (AvgIpc) is 2.24. The molecule has 13 heavy (non-hydrogen) atoms. The van der Waals surface area contributed by atoms with Gasteiger partial charge in [-0.25, -0.2) is 0 Å². The van der Waals surface area contributed by atoms with E-state index in [0.29, 0.717) is 0 Å². The number of nitrogens with zero attached hydrogens (tertiary/aromatic N) is 1. The van der Waals surface area contributed by atoms with Crippen molar-refractivity contribution in [2.75, 3.05) is 6.73 Å². The van der Waals surface area contributed by atoms with E-state index in [-0.39, 0.29) is 18.4 Å². The predicted octanol–water partition coefficient (Wildman–Crippen LogP) is 0.559. The molecule has 1 heterocycles. The molecule has 0 N–H and O–H groups in total. The number of amides is 1. The van der Waals surface area contributed by atoms with Gasteiger partial charge in [-0.2, -0.15) is 0 Å². The monoisotopic (exact) mass is 185 g/mol. The molecule has 0 spiro atoms. The van der Waals surface area contributed by atoms with Gasteiger partial charge in [-0.05, 0) is 20.8 Å². The highest BCUT2D eigenvalue weighted by atomic mass is 16.5. The molecule has 1 aliphatic rings. The normalized spacial score (nSPS) is 26.2. The first-order valence-corrected chi connectivity index (χ1v) is 4.28. The Labute approximate surface area is 77.8 Å². The number of hydrogen-bond donors (Lipinski definition) is 0. The Bertz CT molecular complexity index is 247. The summed E-state index contributed by atoms with van der Waals surface area (Å²) in [7, 11) is 0. The highest BCUT2D eigenvalue weighted by Gasteiger charge is 2.45.